The molecule has 0 aromatic carbocycles. The van der Waals surface area contributed by atoms with Gasteiger partial charge in [0.15, 0.2) is 0 Å². The van der Waals surface area contributed by atoms with Gasteiger partial charge in [0, 0.05) is 18.3 Å². The second-order valence-corrected chi connectivity index (χ2v) is 6.07. The number of esters is 1. The van der Waals surface area contributed by atoms with Crippen LogP contribution in [0.4, 0.5) is 0 Å². The minimum absolute atomic E-state index is 0.0220. The van der Waals surface area contributed by atoms with Crippen LogP contribution in [0.2, 0.25) is 0 Å². The van der Waals surface area contributed by atoms with Crippen molar-refractivity contribution in [3.05, 3.63) is 0 Å². The summed E-state index contributed by atoms with van der Waals surface area (Å²) < 4.78 is 10.7. The maximum absolute atomic E-state index is 11.1. The molecule has 2 fully saturated rings. The van der Waals surface area contributed by atoms with Gasteiger partial charge in [-0.05, 0) is 0 Å². The van der Waals surface area contributed by atoms with Gasteiger partial charge in [-0.3, -0.25) is 4.79 Å². The fourth-order valence-electron chi connectivity index (χ4n) is 2.43. The molecule has 0 radical (unpaired) electrons. The summed E-state index contributed by atoms with van der Waals surface area (Å²) in [7, 11) is 5.01. The summed E-state index contributed by atoms with van der Waals surface area (Å²) in [6.07, 6.45) is 1.59. The van der Waals surface area contributed by atoms with Crippen molar-refractivity contribution in [1.82, 2.24) is 0 Å². The molecule has 6 unspecified atom stereocenters. The summed E-state index contributed by atoms with van der Waals surface area (Å²) in [6, 6.07) is 0. The normalized spacial score (nSPS) is 38.7. The lowest BCUT2D eigenvalue weighted by Crippen LogP contribution is -2.26. The zero-order chi connectivity index (χ0) is 11.0. The van der Waals surface area contributed by atoms with E-state index in [1.165, 1.54) is 0 Å². The quantitative estimate of drug-likeness (QED) is 0.310. The number of carbonyl (C=O) groups is 2. The molecule has 0 aromatic rings. The molecule has 4 nitrogen and oxygen atoms in total. The summed E-state index contributed by atoms with van der Waals surface area (Å²) in [5, 5.41) is 0. The fraction of sp³-hybridized carbons (Fsp3) is 0.750. The van der Waals surface area contributed by atoms with E-state index in [-0.39, 0.29) is 36.4 Å². The molecule has 15 heavy (non-hydrogen) atoms. The van der Waals surface area contributed by atoms with Crippen molar-refractivity contribution >= 4 is 36.8 Å². The third-order valence-electron chi connectivity index (χ3n) is 3.04. The molecule has 6 atom stereocenters. The Bertz CT molecular complexity index is 286. The van der Waals surface area contributed by atoms with Crippen LogP contribution < -0.4 is 0 Å². The maximum Gasteiger partial charge on any atom is 0.336 e. The molecule has 1 saturated carbocycles. The Labute approximate surface area is 93.3 Å². The van der Waals surface area contributed by atoms with Crippen molar-refractivity contribution in [3.63, 3.8) is 0 Å². The summed E-state index contributed by atoms with van der Waals surface area (Å²) >= 11 is 0. The van der Waals surface area contributed by atoms with Crippen molar-refractivity contribution in [2.45, 2.75) is 25.0 Å². The van der Waals surface area contributed by atoms with E-state index >= 15 is 0 Å². The Kier molecular flexibility index (Phi) is 3.44. The van der Waals surface area contributed by atoms with Crippen molar-refractivity contribution in [3.8, 4) is 0 Å². The van der Waals surface area contributed by atoms with Gasteiger partial charge in [-0.1, -0.05) is 0 Å². The highest BCUT2D eigenvalue weighted by Crippen LogP contribution is 2.42. The molecule has 0 N–H and O–H groups in total. The van der Waals surface area contributed by atoms with Crippen molar-refractivity contribution in [2.75, 3.05) is 0 Å². The molecule has 1 aliphatic carbocycles. The smallest absolute Gasteiger partial charge is 0.336 e. The van der Waals surface area contributed by atoms with Gasteiger partial charge >= 0.3 is 12.3 Å². The van der Waals surface area contributed by atoms with Crippen LogP contribution in [0.1, 0.15) is 12.8 Å². The molecule has 2 aliphatic rings. The number of ether oxygens (including phenoxy) is 1. The van der Waals surface area contributed by atoms with E-state index in [0.29, 0.717) is 12.8 Å². The van der Waals surface area contributed by atoms with E-state index < -0.39 is 0 Å². The molecule has 0 amide bonds. The van der Waals surface area contributed by atoms with E-state index in [0.717, 1.165) is 6.29 Å². The predicted octanol–water partition coefficient (Wildman–Crippen LogP) is 0.257. The minimum atomic E-state index is -0.204. The standard InChI is InChI=1S/C8H13BO4P2/c10-3-5-4-1-8(11)12-6(4)2-7(5)13-9(14)15/h3-7H,1-2,14-15H2. The number of aldehydes is 1. The lowest BCUT2D eigenvalue weighted by Gasteiger charge is -2.19. The number of hydrogen-bond acceptors (Lipinski definition) is 4. The molecular weight excluding hydrogens is 233 g/mol. The van der Waals surface area contributed by atoms with Gasteiger partial charge in [-0.25, -0.2) is 0 Å². The summed E-state index contributed by atoms with van der Waals surface area (Å²) in [5.41, 5.74) is 0. The lowest BCUT2D eigenvalue weighted by molar-refractivity contribution is -0.141. The first kappa shape index (κ1) is 11.5. The second kappa shape index (κ2) is 4.49. The molecule has 82 valence electrons. The van der Waals surface area contributed by atoms with E-state index in [1.54, 1.807) is 0 Å². The molecule has 1 saturated heterocycles. The van der Waals surface area contributed by atoms with Gasteiger partial charge in [0.1, 0.15) is 12.4 Å². The largest absolute Gasteiger partial charge is 0.462 e. The van der Waals surface area contributed by atoms with Crippen LogP contribution in [0.25, 0.3) is 0 Å². The maximum atomic E-state index is 11.1. The Morgan fingerprint density at radius 3 is 2.87 bits per heavy atom. The van der Waals surface area contributed by atoms with Crippen LogP contribution in [0.5, 0.6) is 0 Å². The van der Waals surface area contributed by atoms with Crippen molar-refractivity contribution in [1.29, 1.82) is 0 Å². The van der Waals surface area contributed by atoms with Gasteiger partial charge in [0.25, 0.3) is 0 Å². The monoisotopic (exact) mass is 246 g/mol. The highest BCUT2D eigenvalue weighted by Gasteiger charge is 2.50. The Balaban J connectivity index is 2.06. The number of carbonyl (C=O) groups excluding carboxylic acids is 2. The van der Waals surface area contributed by atoms with Crippen LogP contribution >= 0.6 is 18.2 Å². The highest BCUT2D eigenvalue weighted by atomic mass is 31.1. The van der Waals surface area contributed by atoms with Gasteiger partial charge in [-0.15, -0.1) is 18.2 Å². The Morgan fingerprint density at radius 1 is 1.53 bits per heavy atom. The van der Waals surface area contributed by atoms with E-state index in [4.69, 9.17) is 9.39 Å². The average Bonchev–Trinajstić information content (AvgIpc) is 2.59. The van der Waals surface area contributed by atoms with Gasteiger partial charge in [0.2, 0.25) is 0 Å². The van der Waals surface area contributed by atoms with E-state index in [2.05, 4.69) is 18.2 Å². The zero-order valence-electron chi connectivity index (χ0n) is 8.17. The first-order valence-corrected chi connectivity index (χ1v) is 6.26. The SMILES string of the molecule is O=CC1C(OB(P)P)CC2OC(=O)CC21. The summed E-state index contributed by atoms with van der Waals surface area (Å²) in [5.74, 6) is -0.373. The molecule has 0 aromatic heterocycles. The predicted molar refractivity (Wildman–Crippen MR) is 62.2 cm³/mol. The first-order valence-electron chi connectivity index (χ1n) is 4.93. The molecule has 1 aliphatic heterocycles. The average molecular weight is 246 g/mol. The van der Waals surface area contributed by atoms with Crippen LogP contribution in [-0.2, 0) is 19.0 Å². The van der Waals surface area contributed by atoms with E-state index in [1.807, 2.05) is 0 Å². The Morgan fingerprint density at radius 2 is 2.27 bits per heavy atom. The third kappa shape index (κ3) is 2.25. The number of fused-ring (bicyclic) bond motifs is 1. The summed E-state index contributed by atoms with van der Waals surface area (Å²) in [6.45, 7) is 0. The molecular formula is C8H13BO4P2. The van der Waals surface area contributed by atoms with Crippen LogP contribution in [0, 0.1) is 11.8 Å². The van der Waals surface area contributed by atoms with Gasteiger partial charge < -0.3 is 14.2 Å². The van der Waals surface area contributed by atoms with Gasteiger partial charge in [0.05, 0.1) is 12.5 Å². The number of rotatable bonds is 3. The molecule has 0 spiro atoms. The third-order valence-corrected chi connectivity index (χ3v) is 3.35. The van der Waals surface area contributed by atoms with Gasteiger partial charge in [-0.2, -0.15) is 0 Å². The zero-order valence-corrected chi connectivity index (χ0v) is 10.5. The Hall–Kier alpha value is 0.0249. The highest BCUT2D eigenvalue weighted by molar-refractivity contribution is 7.92. The molecule has 0 bridgehead atoms. The van der Waals surface area contributed by atoms with Crippen molar-refractivity contribution < 1.29 is 19.0 Å². The fourth-order valence-corrected chi connectivity index (χ4v) is 2.84. The molecule has 1 heterocycles. The van der Waals surface area contributed by atoms with E-state index in [9.17, 15) is 9.59 Å². The molecule has 2 rings (SSSR count). The molecule has 7 heteroatoms. The summed E-state index contributed by atoms with van der Waals surface area (Å²) in [4.78, 5) is 22.0. The first-order chi connectivity index (χ1) is 7.11. The number of hydrogen-bond donors (Lipinski definition) is 0. The van der Waals surface area contributed by atoms with Crippen molar-refractivity contribution in [2.24, 2.45) is 11.8 Å². The van der Waals surface area contributed by atoms with Crippen LogP contribution in [-0.4, -0.2) is 30.8 Å². The lowest BCUT2D eigenvalue weighted by atomic mass is 9.93. The van der Waals surface area contributed by atoms with Crippen LogP contribution in [0.15, 0.2) is 0 Å². The minimum Gasteiger partial charge on any atom is -0.462 e. The second-order valence-electron chi connectivity index (χ2n) is 3.98. The topological polar surface area (TPSA) is 52.6 Å². The van der Waals surface area contributed by atoms with Crippen LogP contribution in [0.3, 0.4) is 0 Å².